The maximum Gasteiger partial charge on any atom is 0.341 e. The SMILES string of the molecule is CCOC(=O)c1c(NC(=O)COC(=O)C=Cc2ccc(OC)cc2)sc(C)c1C. The third-order valence-corrected chi connectivity index (χ3v) is 5.11. The molecule has 0 aliphatic heterocycles. The fraction of sp³-hybridized carbons (Fsp3) is 0.286. The van der Waals surface area contributed by atoms with E-state index in [0.29, 0.717) is 16.3 Å². The number of esters is 2. The minimum Gasteiger partial charge on any atom is -0.497 e. The normalized spacial score (nSPS) is 10.6. The third kappa shape index (κ3) is 6.18. The van der Waals surface area contributed by atoms with Crippen LogP contribution in [0.4, 0.5) is 5.00 Å². The highest BCUT2D eigenvalue weighted by molar-refractivity contribution is 7.16. The molecule has 0 fully saturated rings. The summed E-state index contributed by atoms with van der Waals surface area (Å²) in [6, 6.07) is 7.11. The Morgan fingerprint density at radius 2 is 1.79 bits per heavy atom. The number of hydrogen-bond donors (Lipinski definition) is 1. The summed E-state index contributed by atoms with van der Waals surface area (Å²) in [5.74, 6) is -0.977. The van der Waals surface area contributed by atoms with Crippen LogP contribution in [-0.2, 0) is 19.1 Å². The number of carbonyl (C=O) groups excluding carboxylic acids is 3. The molecule has 29 heavy (non-hydrogen) atoms. The lowest BCUT2D eigenvalue weighted by atomic mass is 10.1. The van der Waals surface area contributed by atoms with Gasteiger partial charge in [0, 0.05) is 11.0 Å². The zero-order valence-electron chi connectivity index (χ0n) is 16.7. The second kappa shape index (κ2) is 10.4. The molecule has 0 bridgehead atoms. The molecule has 1 amide bonds. The zero-order chi connectivity index (χ0) is 21.4. The maximum absolute atomic E-state index is 12.1. The molecule has 0 saturated carbocycles. The molecule has 7 nitrogen and oxygen atoms in total. The Morgan fingerprint density at radius 3 is 2.41 bits per heavy atom. The van der Waals surface area contributed by atoms with Gasteiger partial charge in [0.1, 0.15) is 10.8 Å². The Kier molecular flexibility index (Phi) is 7.97. The summed E-state index contributed by atoms with van der Waals surface area (Å²) in [4.78, 5) is 37.0. The molecule has 0 radical (unpaired) electrons. The topological polar surface area (TPSA) is 90.9 Å². The monoisotopic (exact) mass is 417 g/mol. The van der Waals surface area contributed by atoms with E-state index in [1.807, 2.05) is 6.92 Å². The lowest BCUT2D eigenvalue weighted by Gasteiger charge is -2.07. The maximum atomic E-state index is 12.1. The van der Waals surface area contributed by atoms with Crippen LogP contribution in [0.5, 0.6) is 5.75 Å². The summed E-state index contributed by atoms with van der Waals surface area (Å²) in [7, 11) is 1.57. The number of nitrogens with one attached hydrogen (secondary N) is 1. The van der Waals surface area contributed by atoms with Gasteiger partial charge in [-0.2, -0.15) is 0 Å². The third-order valence-electron chi connectivity index (χ3n) is 3.99. The highest BCUT2D eigenvalue weighted by Crippen LogP contribution is 2.33. The lowest BCUT2D eigenvalue weighted by molar-refractivity contribution is -0.142. The van der Waals surface area contributed by atoms with E-state index in [9.17, 15) is 14.4 Å². The molecule has 2 rings (SSSR count). The van der Waals surface area contributed by atoms with Gasteiger partial charge in [-0.25, -0.2) is 9.59 Å². The smallest absolute Gasteiger partial charge is 0.341 e. The summed E-state index contributed by atoms with van der Waals surface area (Å²) >= 11 is 1.27. The van der Waals surface area contributed by atoms with E-state index in [-0.39, 0.29) is 6.61 Å². The molecule has 154 valence electrons. The summed E-state index contributed by atoms with van der Waals surface area (Å²) in [5, 5.41) is 3.00. The molecule has 0 spiro atoms. The van der Waals surface area contributed by atoms with Crippen LogP contribution < -0.4 is 10.1 Å². The number of carbonyl (C=O) groups is 3. The fourth-order valence-electron chi connectivity index (χ4n) is 2.39. The Hall–Kier alpha value is -3.13. The van der Waals surface area contributed by atoms with Gasteiger partial charge >= 0.3 is 11.9 Å². The first-order chi connectivity index (χ1) is 13.8. The van der Waals surface area contributed by atoms with Crippen molar-refractivity contribution in [3.05, 3.63) is 51.9 Å². The molecule has 2 aromatic rings. The molecule has 0 unspecified atom stereocenters. The summed E-state index contributed by atoms with van der Waals surface area (Å²) < 4.78 is 15.1. The van der Waals surface area contributed by atoms with Crippen molar-refractivity contribution in [2.45, 2.75) is 20.8 Å². The molecular formula is C21H23NO6S. The summed E-state index contributed by atoms with van der Waals surface area (Å²) in [6.45, 7) is 5.12. The van der Waals surface area contributed by atoms with Crippen molar-refractivity contribution >= 4 is 40.3 Å². The van der Waals surface area contributed by atoms with Crippen LogP contribution in [0.3, 0.4) is 0 Å². The van der Waals surface area contributed by atoms with E-state index in [2.05, 4.69) is 5.32 Å². The molecule has 1 N–H and O–H groups in total. The van der Waals surface area contributed by atoms with Crippen LogP contribution >= 0.6 is 11.3 Å². The Labute approximate surface area is 173 Å². The quantitative estimate of drug-likeness (QED) is 0.520. The van der Waals surface area contributed by atoms with Crippen LogP contribution in [0.2, 0.25) is 0 Å². The van der Waals surface area contributed by atoms with Crippen LogP contribution in [0.25, 0.3) is 6.08 Å². The Balaban J connectivity index is 1.92. The van der Waals surface area contributed by atoms with Gasteiger partial charge in [-0.05, 0) is 50.1 Å². The molecular weight excluding hydrogens is 394 g/mol. The molecule has 1 aromatic heterocycles. The summed E-state index contributed by atoms with van der Waals surface area (Å²) in [5.41, 5.74) is 1.87. The van der Waals surface area contributed by atoms with Gasteiger partial charge in [0.25, 0.3) is 5.91 Å². The first kappa shape index (κ1) is 22.2. The molecule has 0 aliphatic carbocycles. The van der Waals surface area contributed by atoms with Crippen LogP contribution in [0, 0.1) is 13.8 Å². The van der Waals surface area contributed by atoms with E-state index in [0.717, 1.165) is 16.0 Å². The van der Waals surface area contributed by atoms with Gasteiger partial charge < -0.3 is 19.5 Å². The van der Waals surface area contributed by atoms with Gasteiger partial charge in [0.05, 0.1) is 19.3 Å². The van der Waals surface area contributed by atoms with E-state index < -0.39 is 24.5 Å². The van der Waals surface area contributed by atoms with E-state index in [4.69, 9.17) is 14.2 Å². The minimum absolute atomic E-state index is 0.235. The molecule has 0 saturated heterocycles. The Bertz CT molecular complexity index is 914. The molecule has 0 atom stereocenters. The molecule has 1 aromatic carbocycles. The predicted molar refractivity (Wildman–Crippen MR) is 111 cm³/mol. The van der Waals surface area contributed by atoms with Crippen molar-refractivity contribution in [1.29, 1.82) is 0 Å². The molecule has 1 heterocycles. The fourth-order valence-corrected chi connectivity index (χ4v) is 3.46. The number of rotatable bonds is 8. The van der Waals surface area contributed by atoms with E-state index in [1.165, 1.54) is 17.4 Å². The van der Waals surface area contributed by atoms with Gasteiger partial charge in [0.2, 0.25) is 0 Å². The number of benzene rings is 1. The first-order valence-corrected chi connectivity index (χ1v) is 9.73. The zero-order valence-corrected chi connectivity index (χ0v) is 17.6. The number of amides is 1. The second-order valence-corrected chi connectivity index (χ2v) is 7.19. The number of methoxy groups -OCH3 is 1. The largest absolute Gasteiger partial charge is 0.497 e. The van der Waals surface area contributed by atoms with Gasteiger partial charge in [-0.3, -0.25) is 4.79 Å². The average molecular weight is 417 g/mol. The average Bonchev–Trinajstić information content (AvgIpc) is 2.98. The van der Waals surface area contributed by atoms with Crippen molar-refractivity contribution in [3.63, 3.8) is 0 Å². The van der Waals surface area contributed by atoms with Crippen LogP contribution in [-0.4, -0.2) is 38.2 Å². The van der Waals surface area contributed by atoms with Crippen LogP contribution in [0.15, 0.2) is 30.3 Å². The predicted octanol–water partition coefficient (Wildman–Crippen LogP) is 3.75. The number of thiophene rings is 1. The standard InChI is InChI=1S/C21H23NO6S/c1-5-27-21(25)19-13(2)14(3)29-20(19)22-17(23)12-28-18(24)11-8-15-6-9-16(26-4)10-7-15/h6-11H,5,12H2,1-4H3,(H,22,23). The highest BCUT2D eigenvalue weighted by atomic mass is 32.1. The number of hydrogen-bond acceptors (Lipinski definition) is 7. The van der Waals surface area contributed by atoms with Crippen molar-refractivity contribution in [2.24, 2.45) is 0 Å². The number of anilines is 1. The minimum atomic E-state index is -0.653. The highest BCUT2D eigenvalue weighted by Gasteiger charge is 2.22. The van der Waals surface area contributed by atoms with Crippen LogP contribution in [0.1, 0.15) is 33.3 Å². The van der Waals surface area contributed by atoms with Crippen molar-refractivity contribution in [3.8, 4) is 5.75 Å². The first-order valence-electron chi connectivity index (χ1n) is 8.91. The molecule has 8 heteroatoms. The number of aryl methyl sites for hydroxylation is 1. The number of ether oxygens (including phenoxy) is 3. The van der Waals surface area contributed by atoms with Crippen molar-refractivity contribution in [2.75, 3.05) is 25.6 Å². The lowest BCUT2D eigenvalue weighted by Crippen LogP contribution is -2.21. The van der Waals surface area contributed by atoms with E-state index in [1.54, 1.807) is 51.3 Å². The van der Waals surface area contributed by atoms with Crippen molar-refractivity contribution < 1.29 is 28.6 Å². The molecule has 0 aliphatic rings. The summed E-state index contributed by atoms with van der Waals surface area (Å²) in [6.07, 6.45) is 2.81. The van der Waals surface area contributed by atoms with Gasteiger partial charge in [-0.15, -0.1) is 11.3 Å². The van der Waals surface area contributed by atoms with Crippen molar-refractivity contribution in [1.82, 2.24) is 0 Å². The van der Waals surface area contributed by atoms with Gasteiger partial charge in [-0.1, -0.05) is 12.1 Å². The Morgan fingerprint density at radius 1 is 1.10 bits per heavy atom. The van der Waals surface area contributed by atoms with Gasteiger partial charge in [0.15, 0.2) is 6.61 Å². The second-order valence-electron chi connectivity index (χ2n) is 5.97. The van der Waals surface area contributed by atoms with E-state index >= 15 is 0 Å².